The Kier molecular flexibility index (Phi) is 5.97. The van der Waals surface area contributed by atoms with Gasteiger partial charge in [0.2, 0.25) is 0 Å². The van der Waals surface area contributed by atoms with Gasteiger partial charge in [0.05, 0.1) is 9.52 Å². The minimum absolute atomic E-state index is 0.127. The van der Waals surface area contributed by atoms with Crippen molar-refractivity contribution in [1.82, 2.24) is 0 Å². The Morgan fingerprint density at radius 1 is 1.20 bits per heavy atom. The van der Waals surface area contributed by atoms with Crippen molar-refractivity contribution in [2.45, 2.75) is 25.8 Å². The number of hydrogen-bond donors (Lipinski definition) is 0. The first-order valence-corrected chi connectivity index (χ1v) is 5.58. The molecular formula is C7H18O2Si. The van der Waals surface area contributed by atoms with Crippen molar-refractivity contribution in [1.29, 1.82) is 0 Å². The molecule has 0 aliphatic heterocycles. The van der Waals surface area contributed by atoms with E-state index in [0.717, 1.165) is 5.92 Å². The largest absolute Gasteiger partial charge is 0.360 e. The van der Waals surface area contributed by atoms with Crippen LogP contribution in [0.1, 0.15) is 13.8 Å². The Labute approximate surface area is 65.7 Å². The Balaban J connectivity index is 3.26. The molecule has 0 aromatic rings. The van der Waals surface area contributed by atoms with Gasteiger partial charge < -0.3 is 9.47 Å². The maximum Gasteiger partial charge on any atom is 0.134 e. The fraction of sp³-hybridized carbons (Fsp3) is 1.00. The predicted octanol–water partition coefficient (Wildman–Crippen LogP) is 0.806. The van der Waals surface area contributed by atoms with E-state index in [1.54, 1.807) is 14.2 Å². The molecule has 0 saturated carbocycles. The summed E-state index contributed by atoms with van der Waals surface area (Å²) in [5, 5.41) is 0. The molecule has 62 valence electrons. The molecule has 0 spiro atoms. The van der Waals surface area contributed by atoms with Gasteiger partial charge in [0.1, 0.15) is 5.91 Å². The van der Waals surface area contributed by atoms with E-state index in [1.165, 1.54) is 6.04 Å². The average Bonchev–Trinajstić information content (AvgIpc) is 1.90. The van der Waals surface area contributed by atoms with E-state index in [1.807, 2.05) is 0 Å². The molecule has 0 unspecified atom stereocenters. The van der Waals surface area contributed by atoms with Gasteiger partial charge in [-0.15, -0.1) is 0 Å². The van der Waals surface area contributed by atoms with Crippen LogP contribution < -0.4 is 0 Å². The number of ether oxygens (including phenoxy) is 2. The summed E-state index contributed by atoms with van der Waals surface area (Å²) in [5.74, 6) is 0.918. The molecule has 0 fully saturated rings. The molecule has 0 aliphatic carbocycles. The van der Waals surface area contributed by atoms with Crippen LogP contribution in [0.4, 0.5) is 0 Å². The Morgan fingerprint density at radius 2 is 1.70 bits per heavy atom. The molecule has 0 saturated heterocycles. The number of hydrogen-bond acceptors (Lipinski definition) is 2. The van der Waals surface area contributed by atoms with Gasteiger partial charge in [-0.3, -0.25) is 0 Å². The maximum atomic E-state index is 5.09. The lowest BCUT2D eigenvalue weighted by molar-refractivity contribution is -0.0443. The summed E-state index contributed by atoms with van der Waals surface area (Å²) in [5.41, 5.74) is 0. The predicted molar refractivity (Wildman–Crippen MR) is 46.0 cm³/mol. The van der Waals surface area contributed by atoms with Crippen molar-refractivity contribution < 1.29 is 9.47 Å². The van der Waals surface area contributed by atoms with Gasteiger partial charge in [-0.05, 0) is 5.92 Å². The van der Waals surface area contributed by atoms with E-state index in [9.17, 15) is 0 Å². The highest BCUT2D eigenvalue weighted by Crippen LogP contribution is 2.01. The van der Waals surface area contributed by atoms with Crippen LogP contribution in [0.5, 0.6) is 0 Å². The Hall–Kier alpha value is 0.137. The first-order chi connectivity index (χ1) is 4.70. The quantitative estimate of drug-likeness (QED) is 0.440. The van der Waals surface area contributed by atoms with Crippen LogP contribution in [-0.4, -0.2) is 29.7 Å². The lowest BCUT2D eigenvalue weighted by Gasteiger charge is -2.13. The van der Waals surface area contributed by atoms with Gasteiger partial charge in [0.15, 0.2) is 0 Å². The fourth-order valence-electron chi connectivity index (χ4n) is 0.801. The molecule has 0 radical (unpaired) electrons. The summed E-state index contributed by atoms with van der Waals surface area (Å²) in [6, 6.07) is 1.30. The zero-order valence-corrected chi connectivity index (χ0v) is 8.80. The lowest BCUT2D eigenvalue weighted by Crippen LogP contribution is -2.22. The van der Waals surface area contributed by atoms with Crippen molar-refractivity contribution >= 4 is 9.52 Å². The molecule has 0 atom stereocenters. The first-order valence-electron chi connectivity index (χ1n) is 3.76. The summed E-state index contributed by atoms with van der Waals surface area (Å²) in [6.07, 6.45) is 0. The maximum absolute atomic E-state index is 5.09. The van der Waals surface area contributed by atoms with Crippen LogP contribution in [-0.2, 0) is 9.47 Å². The molecule has 0 aromatic carbocycles. The van der Waals surface area contributed by atoms with E-state index in [-0.39, 0.29) is 15.4 Å². The van der Waals surface area contributed by atoms with Crippen molar-refractivity contribution in [2.24, 2.45) is 5.92 Å². The molecule has 0 amide bonds. The molecule has 0 bridgehead atoms. The van der Waals surface area contributed by atoms with Gasteiger partial charge in [-0.25, -0.2) is 0 Å². The summed E-state index contributed by atoms with van der Waals surface area (Å²) >= 11 is 0. The SMILES string of the molecule is COC(OC)[SiH2]CC(C)C. The van der Waals surface area contributed by atoms with Crippen LogP contribution >= 0.6 is 0 Å². The van der Waals surface area contributed by atoms with Gasteiger partial charge in [0.25, 0.3) is 0 Å². The summed E-state index contributed by atoms with van der Waals surface area (Å²) < 4.78 is 10.2. The van der Waals surface area contributed by atoms with E-state index < -0.39 is 0 Å². The van der Waals surface area contributed by atoms with Crippen LogP contribution in [0.2, 0.25) is 6.04 Å². The molecule has 0 aromatic heterocycles. The Bertz CT molecular complexity index is 72.0. The molecule has 0 rings (SSSR count). The summed E-state index contributed by atoms with van der Waals surface area (Å²) in [7, 11) is 3.25. The molecule has 0 heterocycles. The second-order valence-corrected chi connectivity index (χ2v) is 4.69. The first kappa shape index (κ1) is 10.1. The van der Waals surface area contributed by atoms with Gasteiger partial charge >= 0.3 is 0 Å². The van der Waals surface area contributed by atoms with E-state index >= 15 is 0 Å². The van der Waals surface area contributed by atoms with Crippen molar-refractivity contribution in [3.05, 3.63) is 0 Å². The zero-order valence-electron chi connectivity index (χ0n) is 7.39. The molecule has 3 heteroatoms. The third-order valence-corrected chi connectivity index (χ3v) is 4.13. The molecule has 0 aliphatic rings. The van der Waals surface area contributed by atoms with Gasteiger partial charge in [0, 0.05) is 14.2 Å². The summed E-state index contributed by atoms with van der Waals surface area (Å²) in [4.78, 5) is 0. The number of methoxy groups -OCH3 is 2. The van der Waals surface area contributed by atoms with Crippen LogP contribution in [0.25, 0.3) is 0 Å². The number of rotatable bonds is 5. The molecule has 2 nitrogen and oxygen atoms in total. The average molecular weight is 162 g/mol. The fourth-order valence-corrected chi connectivity index (χ4v) is 2.21. The highest BCUT2D eigenvalue weighted by Gasteiger charge is 2.05. The minimum atomic E-state index is -0.167. The second-order valence-electron chi connectivity index (χ2n) is 2.87. The van der Waals surface area contributed by atoms with Gasteiger partial charge in [-0.2, -0.15) is 0 Å². The van der Waals surface area contributed by atoms with Crippen LogP contribution in [0, 0.1) is 5.92 Å². The van der Waals surface area contributed by atoms with Crippen molar-refractivity contribution in [2.75, 3.05) is 14.2 Å². The third kappa shape index (κ3) is 4.96. The van der Waals surface area contributed by atoms with E-state index in [0.29, 0.717) is 0 Å². The van der Waals surface area contributed by atoms with Crippen molar-refractivity contribution in [3.8, 4) is 0 Å². The second kappa shape index (κ2) is 5.89. The van der Waals surface area contributed by atoms with E-state index in [2.05, 4.69) is 13.8 Å². The molecule has 0 N–H and O–H groups in total. The highest BCUT2D eigenvalue weighted by atomic mass is 28.2. The van der Waals surface area contributed by atoms with Crippen LogP contribution in [0.15, 0.2) is 0 Å². The van der Waals surface area contributed by atoms with Crippen molar-refractivity contribution in [3.63, 3.8) is 0 Å². The topological polar surface area (TPSA) is 18.5 Å². The monoisotopic (exact) mass is 162 g/mol. The summed E-state index contributed by atoms with van der Waals surface area (Å²) in [6.45, 7) is 4.46. The van der Waals surface area contributed by atoms with Gasteiger partial charge in [-0.1, -0.05) is 19.9 Å². The van der Waals surface area contributed by atoms with E-state index in [4.69, 9.17) is 9.47 Å². The highest BCUT2D eigenvalue weighted by molar-refractivity contribution is 6.36. The normalized spacial score (nSPS) is 12.6. The standard InChI is InChI=1S/C7H18O2Si/c1-6(2)5-10-7(8-3)9-4/h6-7H,5,10H2,1-4H3. The third-order valence-electron chi connectivity index (χ3n) is 1.51. The smallest absolute Gasteiger partial charge is 0.134 e. The molecule has 10 heavy (non-hydrogen) atoms. The Morgan fingerprint density at radius 3 is 2.00 bits per heavy atom. The zero-order chi connectivity index (χ0) is 7.98. The van der Waals surface area contributed by atoms with Crippen LogP contribution in [0.3, 0.4) is 0 Å². The molecular weight excluding hydrogens is 144 g/mol. The lowest BCUT2D eigenvalue weighted by atomic mass is 10.3. The minimum Gasteiger partial charge on any atom is -0.360 e.